The number of aryl methyl sites for hydroxylation is 1. The van der Waals surface area contributed by atoms with E-state index < -0.39 is 6.10 Å². The maximum atomic E-state index is 10.2. The molecule has 3 nitrogen and oxygen atoms in total. The van der Waals surface area contributed by atoms with E-state index in [1.807, 2.05) is 42.5 Å². The van der Waals surface area contributed by atoms with E-state index in [1.54, 1.807) is 6.07 Å². The third kappa shape index (κ3) is 4.01. The topological polar surface area (TPSA) is 52.5 Å². The normalized spacial score (nSPS) is 18.1. The number of nitrogens with one attached hydrogen (secondary N) is 1. The fourth-order valence-electron chi connectivity index (χ4n) is 2.99. The van der Waals surface area contributed by atoms with Crippen LogP contribution in [0.2, 0.25) is 0 Å². The summed E-state index contributed by atoms with van der Waals surface area (Å²) in [5.74, 6) is 0.332. The summed E-state index contributed by atoms with van der Waals surface area (Å²) in [6.07, 6.45) is 2.52. The number of hydrogen-bond donors (Lipinski definition) is 3. The maximum absolute atomic E-state index is 10.2. The summed E-state index contributed by atoms with van der Waals surface area (Å²) in [7, 11) is 0. The lowest BCUT2D eigenvalue weighted by Gasteiger charge is -2.26. The van der Waals surface area contributed by atoms with Crippen LogP contribution in [0.3, 0.4) is 0 Å². The number of phenolic OH excluding ortho intramolecular Hbond substituents is 1. The molecule has 2 unspecified atom stereocenters. The average Bonchev–Trinajstić information content (AvgIpc) is 2.53. The summed E-state index contributed by atoms with van der Waals surface area (Å²) in [6, 6.07) is 15.7. The molecule has 1 aliphatic rings. The van der Waals surface area contributed by atoms with Crippen LogP contribution in [0.1, 0.15) is 29.2 Å². The molecule has 3 N–H and O–H groups in total. The van der Waals surface area contributed by atoms with Crippen LogP contribution in [-0.4, -0.2) is 22.8 Å². The van der Waals surface area contributed by atoms with Gasteiger partial charge < -0.3 is 15.5 Å². The third-order valence-corrected chi connectivity index (χ3v) is 4.20. The number of phenols is 1. The molecule has 0 heterocycles. The number of benzene rings is 2. The summed E-state index contributed by atoms with van der Waals surface area (Å²) in [4.78, 5) is 0. The molecule has 22 heavy (non-hydrogen) atoms. The van der Waals surface area contributed by atoms with Crippen molar-refractivity contribution in [1.82, 2.24) is 5.32 Å². The van der Waals surface area contributed by atoms with E-state index in [9.17, 15) is 10.2 Å². The third-order valence-electron chi connectivity index (χ3n) is 4.20. The van der Waals surface area contributed by atoms with E-state index in [1.165, 1.54) is 11.1 Å². The predicted octanol–water partition coefficient (Wildman–Crippen LogP) is 2.99. The van der Waals surface area contributed by atoms with Crippen LogP contribution in [0.4, 0.5) is 0 Å². The van der Waals surface area contributed by atoms with Gasteiger partial charge in [-0.05, 0) is 48.1 Å². The van der Waals surface area contributed by atoms with Gasteiger partial charge in [0.2, 0.25) is 0 Å². The standard InChI is InChI=1S/C18H21NO2.ClH/c20-17-9-7-13-6-8-16(10-15(13)11-17)19-12-18(21)14-4-2-1-3-5-14;/h1-5,7,9,11,16,18-21H,6,8,10,12H2;1H. The molecule has 2 aromatic rings. The quantitative estimate of drug-likeness (QED) is 0.812. The number of rotatable bonds is 4. The molecule has 0 fully saturated rings. The van der Waals surface area contributed by atoms with Gasteiger partial charge in [0, 0.05) is 12.6 Å². The molecule has 118 valence electrons. The van der Waals surface area contributed by atoms with Gasteiger partial charge >= 0.3 is 0 Å². The van der Waals surface area contributed by atoms with E-state index in [2.05, 4.69) is 5.32 Å². The van der Waals surface area contributed by atoms with Gasteiger partial charge in [-0.1, -0.05) is 36.4 Å². The molecule has 2 atom stereocenters. The number of hydrogen-bond acceptors (Lipinski definition) is 3. The Morgan fingerprint density at radius 1 is 1.09 bits per heavy atom. The van der Waals surface area contributed by atoms with Crippen molar-refractivity contribution in [2.75, 3.05) is 6.54 Å². The van der Waals surface area contributed by atoms with Crippen molar-refractivity contribution in [3.63, 3.8) is 0 Å². The number of halogens is 1. The predicted molar refractivity (Wildman–Crippen MR) is 90.6 cm³/mol. The monoisotopic (exact) mass is 319 g/mol. The van der Waals surface area contributed by atoms with Gasteiger partial charge in [0.15, 0.2) is 0 Å². The summed E-state index contributed by atoms with van der Waals surface area (Å²) in [6.45, 7) is 0.558. The highest BCUT2D eigenvalue weighted by Gasteiger charge is 2.19. The van der Waals surface area contributed by atoms with E-state index in [0.29, 0.717) is 18.3 Å². The Bertz CT molecular complexity index is 603. The molecule has 4 heteroatoms. The first kappa shape index (κ1) is 16.8. The van der Waals surface area contributed by atoms with Crippen LogP contribution >= 0.6 is 12.4 Å². The van der Waals surface area contributed by atoms with Gasteiger partial charge in [0.05, 0.1) is 6.10 Å². The highest BCUT2D eigenvalue weighted by atomic mass is 35.5. The second-order valence-electron chi connectivity index (χ2n) is 5.73. The zero-order valence-corrected chi connectivity index (χ0v) is 13.2. The Morgan fingerprint density at radius 2 is 1.86 bits per heavy atom. The van der Waals surface area contributed by atoms with Crippen molar-refractivity contribution in [3.8, 4) is 5.75 Å². The van der Waals surface area contributed by atoms with Gasteiger partial charge in [-0.15, -0.1) is 12.4 Å². The molecule has 0 spiro atoms. The first-order valence-corrected chi connectivity index (χ1v) is 7.49. The summed E-state index contributed by atoms with van der Waals surface area (Å²) in [5.41, 5.74) is 3.49. The van der Waals surface area contributed by atoms with Crippen molar-refractivity contribution < 1.29 is 10.2 Å². The Morgan fingerprint density at radius 3 is 2.64 bits per heavy atom. The molecule has 1 aliphatic carbocycles. The number of aliphatic hydroxyl groups excluding tert-OH is 1. The Labute approximate surface area is 137 Å². The fraction of sp³-hybridized carbons (Fsp3) is 0.333. The lowest BCUT2D eigenvalue weighted by molar-refractivity contribution is 0.168. The van der Waals surface area contributed by atoms with Gasteiger partial charge in [-0.3, -0.25) is 0 Å². The minimum atomic E-state index is -0.475. The van der Waals surface area contributed by atoms with E-state index in [-0.39, 0.29) is 12.4 Å². The Kier molecular flexibility index (Phi) is 5.83. The average molecular weight is 320 g/mol. The second kappa shape index (κ2) is 7.63. The molecule has 0 saturated carbocycles. The van der Waals surface area contributed by atoms with Gasteiger partial charge in [0.25, 0.3) is 0 Å². The number of aliphatic hydroxyl groups is 1. The second-order valence-corrected chi connectivity index (χ2v) is 5.73. The minimum Gasteiger partial charge on any atom is -0.508 e. The molecule has 0 bridgehead atoms. The van der Waals surface area contributed by atoms with Crippen molar-refractivity contribution in [2.24, 2.45) is 0 Å². The molecule has 3 rings (SSSR count). The highest BCUT2D eigenvalue weighted by Crippen LogP contribution is 2.25. The zero-order valence-electron chi connectivity index (χ0n) is 12.4. The van der Waals surface area contributed by atoms with E-state index >= 15 is 0 Å². The van der Waals surface area contributed by atoms with Crippen molar-refractivity contribution in [1.29, 1.82) is 0 Å². The maximum Gasteiger partial charge on any atom is 0.115 e. The van der Waals surface area contributed by atoms with E-state index in [0.717, 1.165) is 24.8 Å². The molecule has 0 amide bonds. The van der Waals surface area contributed by atoms with Crippen LogP contribution in [0.5, 0.6) is 5.75 Å². The molecule has 0 aromatic heterocycles. The molecule has 2 aromatic carbocycles. The van der Waals surface area contributed by atoms with Crippen LogP contribution < -0.4 is 5.32 Å². The lowest BCUT2D eigenvalue weighted by Crippen LogP contribution is -2.37. The lowest BCUT2D eigenvalue weighted by atomic mass is 9.88. The zero-order chi connectivity index (χ0) is 14.7. The molecular weight excluding hydrogens is 298 g/mol. The van der Waals surface area contributed by atoms with Crippen molar-refractivity contribution >= 4 is 12.4 Å². The number of fused-ring (bicyclic) bond motifs is 1. The van der Waals surface area contributed by atoms with Crippen LogP contribution in [0.15, 0.2) is 48.5 Å². The number of aromatic hydroxyl groups is 1. The molecule has 0 saturated heterocycles. The SMILES string of the molecule is Cl.Oc1ccc2c(c1)CC(NCC(O)c1ccccc1)CC2. The molecule has 0 radical (unpaired) electrons. The molecular formula is C18H22ClNO2. The van der Waals surface area contributed by atoms with Gasteiger partial charge in [0.1, 0.15) is 5.75 Å². The summed E-state index contributed by atoms with van der Waals surface area (Å²) >= 11 is 0. The Balaban J connectivity index is 0.00000176. The largest absolute Gasteiger partial charge is 0.508 e. The van der Waals surface area contributed by atoms with Crippen molar-refractivity contribution in [2.45, 2.75) is 31.4 Å². The smallest absolute Gasteiger partial charge is 0.115 e. The Hall–Kier alpha value is -1.55. The van der Waals surface area contributed by atoms with Crippen LogP contribution in [0.25, 0.3) is 0 Å². The van der Waals surface area contributed by atoms with E-state index in [4.69, 9.17) is 0 Å². The summed E-state index contributed by atoms with van der Waals surface area (Å²) in [5, 5.41) is 23.2. The first-order valence-electron chi connectivity index (χ1n) is 7.49. The highest BCUT2D eigenvalue weighted by molar-refractivity contribution is 5.85. The molecule has 0 aliphatic heterocycles. The summed E-state index contributed by atoms with van der Waals surface area (Å²) < 4.78 is 0. The fourth-order valence-corrected chi connectivity index (χ4v) is 2.99. The van der Waals surface area contributed by atoms with Gasteiger partial charge in [-0.25, -0.2) is 0 Å². The van der Waals surface area contributed by atoms with Crippen molar-refractivity contribution in [3.05, 3.63) is 65.2 Å². The van der Waals surface area contributed by atoms with Gasteiger partial charge in [-0.2, -0.15) is 0 Å². The van der Waals surface area contributed by atoms with Crippen LogP contribution in [-0.2, 0) is 12.8 Å². The van der Waals surface area contributed by atoms with Crippen LogP contribution in [0, 0.1) is 0 Å². The minimum absolute atomic E-state index is 0. The first-order chi connectivity index (χ1) is 10.2.